The van der Waals surface area contributed by atoms with E-state index in [1.165, 1.54) is 12.1 Å². The normalized spacial score (nSPS) is 19.4. The van der Waals surface area contributed by atoms with Crippen molar-refractivity contribution in [3.05, 3.63) is 61.5 Å². The van der Waals surface area contributed by atoms with Crippen molar-refractivity contribution in [3.63, 3.8) is 0 Å². The summed E-state index contributed by atoms with van der Waals surface area (Å²) < 4.78 is 47.0. The maximum atomic E-state index is 13.1. The average molecular weight is 620 g/mol. The summed E-state index contributed by atoms with van der Waals surface area (Å²) in [6, 6.07) is 4.76. The molecule has 1 N–H and O–H groups in total. The Labute approximate surface area is 222 Å². The summed E-state index contributed by atoms with van der Waals surface area (Å²) in [6.45, 7) is 17.6. The first kappa shape index (κ1) is 28.6. The van der Waals surface area contributed by atoms with Crippen LogP contribution in [0, 0.1) is 8.99 Å². The molecule has 1 aliphatic rings. The van der Waals surface area contributed by atoms with Gasteiger partial charge in [0.2, 0.25) is 0 Å². The number of nitrogens with zero attached hydrogens (tertiary/aromatic N) is 1. The van der Waals surface area contributed by atoms with Gasteiger partial charge in [0.25, 0.3) is 0 Å². The molecule has 194 valence electrons. The van der Waals surface area contributed by atoms with E-state index >= 15 is 0 Å². The Kier molecular flexibility index (Phi) is 7.94. The minimum atomic E-state index is -4.42. The fraction of sp³-hybridized carbons (Fsp3) is 0.593. The minimum Gasteiger partial charge on any atom is -0.410 e. The number of rotatable bonds is 5. The summed E-state index contributed by atoms with van der Waals surface area (Å²) in [5.74, 6) is 0. The molecule has 0 spiro atoms. The van der Waals surface area contributed by atoms with E-state index in [0.29, 0.717) is 17.5 Å². The van der Waals surface area contributed by atoms with Gasteiger partial charge in [0, 0.05) is 26.1 Å². The molecular formula is C27H37F3INO2Si. The molecule has 0 saturated carbocycles. The lowest BCUT2D eigenvalue weighted by molar-refractivity contribution is -0.137. The van der Waals surface area contributed by atoms with Crippen LogP contribution in [0.15, 0.2) is 24.3 Å². The van der Waals surface area contributed by atoms with Crippen molar-refractivity contribution in [1.82, 2.24) is 4.98 Å². The largest absolute Gasteiger partial charge is 0.416 e. The smallest absolute Gasteiger partial charge is 0.410 e. The molecule has 3 nitrogen and oxygen atoms in total. The third-order valence-corrected chi connectivity index (χ3v) is 13.1. The van der Waals surface area contributed by atoms with Crippen LogP contribution in [0.2, 0.25) is 18.1 Å². The summed E-state index contributed by atoms with van der Waals surface area (Å²) in [5, 5.41) is 11.4. The van der Waals surface area contributed by atoms with Gasteiger partial charge in [0.15, 0.2) is 8.32 Å². The first-order valence-corrected chi connectivity index (χ1v) is 16.1. The van der Waals surface area contributed by atoms with E-state index in [1.807, 2.05) is 6.92 Å². The molecule has 8 heteroatoms. The second kappa shape index (κ2) is 9.72. The van der Waals surface area contributed by atoms with Gasteiger partial charge in [-0.25, -0.2) is 0 Å². The lowest BCUT2D eigenvalue weighted by Crippen LogP contribution is -2.44. The SMILES string of the molecule is CCc1nc2c(c(I)c1C(O)c1ccc(C(F)(F)F)cc1)[C@@H](O[Si](C)(C)C(C)(C)C)CC(C)(C)C2. The van der Waals surface area contributed by atoms with Crippen molar-refractivity contribution in [2.75, 3.05) is 0 Å². The van der Waals surface area contributed by atoms with Gasteiger partial charge in [-0.1, -0.05) is 53.7 Å². The highest BCUT2D eigenvalue weighted by Crippen LogP contribution is 2.49. The van der Waals surface area contributed by atoms with Gasteiger partial charge in [-0.05, 0) is 83.1 Å². The van der Waals surface area contributed by atoms with Gasteiger partial charge in [-0.2, -0.15) is 13.2 Å². The van der Waals surface area contributed by atoms with E-state index in [0.717, 1.165) is 45.5 Å². The zero-order valence-corrected chi connectivity index (χ0v) is 25.1. The number of aliphatic hydroxyl groups is 1. The molecule has 0 fully saturated rings. The molecule has 2 atom stereocenters. The molecule has 0 bridgehead atoms. The molecule has 0 amide bonds. The highest BCUT2D eigenvalue weighted by molar-refractivity contribution is 14.1. The number of alkyl halides is 3. The quantitative estimate of drug-likeness (QED) is 0.270. The zero-order valence-electron chi connectivity index (χ0n) is 21.9. The van der Waals surface area contributed by atoms with Gasteiger partial charge < -0.3 is 9.53 Å². The molecule has 0 aliphatic heterocycles. The number of aryl methyl sites for hydroxylation is 1. The van der Waals surface area contributed by atoms with Crippen LogP contribution in [-0.4, -0.2) is 18.4 Å². The molecule has 35 heavy (non-hydrogen) atoms. The van der Waals surface area contributed by atoms with Crippen molar-refractivity contribution in [1.29, 1.82) is 0 Å². The van der Waals surface area contributed by atoms with E-state index in [2.05, 4.69) is 70.3 Å². The summed E-state index contributed by atoms with van der Waals surface area (Å²) in [6.07, 6.45) is -3.34. The summed E-state index contributed by atoms with van der Waals surface area (Å²) in [4.78, 5) is 5.02. The van der Waals surface area contributed by atoms with Crippen LogP contribution < -0.4 is 0 Å². The predicted molar refractivity (Wildman–Crippen MR) is 145 cm³/mol. The number of aromatic nitrogens is 1. The molecule has 2 aromatic rings. The number of hydrogen-bond donors (Lipinski definition) is 1. The predicted octanol–water partition coefficient (Wildman–Crippen LogP) is 8.38. The first-order chi connectivity index (χ1) is 15.9. The van der Waals surface area contributed by atoms with Crippen molar-refractivity contribution >= 4 is 30.9 Å². The second-order valence-corrected chi connectivity index (χ2v) is 17.8. The second-order valence-electron chi connectivity index (χ2n) is 11.9. The Balaban J connectivity index is 2.13. The third-order valence-electron chi connectivity index (χ3n) is 7.48. The Morgan fingerprint density at radius 3 is 2.23 bits per heavy atom. The van der Waals surface area contributed by atoms with Gasteiger partial charge in [0.1, 0.15) is 6.10 Å². The average Bonchev–Trinajstić information content (AvgIpc) is 2.70. The minimum absolute atomic E-state index is 0.0225. The van der Waals surface area contributed by atoms with Crippen molar-refractivity contribution < 1.29 is 22.7 Å². The molecule has 1 aliphatic carbocycles. The fourth-order valence-electron chi connectivity index (χ4n) is 4.47. The summed E-state index contributed by atoms with van der Waals surface area (Å²) >= 11 is 2.29. The van der Waals surface area contributed by atoms with Crippen molar-refractivity contribution in [2.24, 2.45) is 5.41 Å². The molecule has 1 heterocycles. The standard InChI is InChI=1S/C27H37F3INO2Si/c1-9-18-22(24(33)16-10-12-17(13-11-16)27(28,29)30)23(31)21-19(32-18)14-26(5,6)15-20(21)34-35(7,8)25(2,3)4/h10-13,20,24,33H,9,14-15H2,1-8H3/t20-,24?/m0/s1. The van der Waals surface area contributed by atoms with Gasteiger partial charge in [0.05, 0.1) is 11.7 Å². The Morgan fingerprint density at radius 1 is 1.17 bits per heavy atom. The number of fused-ring (bicyclic) bond motifs is 1. The van der Waals surface area contributed by atoms with Crippen LogP contribution in [0.25, 0.3) is 0 Å². The van der Waals surface area contributed by atoms with Crippen molar-refractivity contribution in [3.8, 4) is 0 Å². The summed E-state index contributed by atoms with van der Waals surface area (Å²) in [5.41, 5.74) is 3.22. The van der Waals surface area contributed by atoms with Gasteiger partial charge in [-0.3, -0.25) is 4.98 Å². The molecule has 0 radical (unpaired) electrons. The number of benzene rings is 1. The highest BCUT2D eigenvalue weighted by atomic mass is 127. The van der Waals surface area contributed by atoms with E-state index < -0.39 is 26.2 Å². The molecule has 1 aromatic carbocycles. The van der Waals surface area contributed by atoms with Crippen LogP contribution in [0.3, 0.4) is 0 Å². The first-order valence-electron chi connectivity index (χ1n) is 12.1. The maximum Gasteiger partial charge on any atom is 0.416 e. The topological polar surface area (TPSA) is 42.4 Å². The Hall–Kier alpha value is -0.973. The number of aliphatic hydroxyl groups excluding tert-OH is 1. The zero-order chi connectivity index (χ0) is 26.6. The Morgan fingerprint density at radius 2 is 1.74 bits per heavy atom. The third kappa shape index (κ3) is 5.96. The summed E-state index contributed by atoms with van der Waals surface area (Å²) in [7, 11) is -2.10. The number of hydrogen-bond acceptors (Lipinski definition) is 3. The Bertz CT molecular complexity index is 1080. The van der Waals surface area contributed by atoms with E-state index in [1.54, 1.807) is 0 Å². The highest BCUT2D eigenvalue weighted by Gasteiger charge is 2.44. The maximum absolute atomic E-state index is 13.1. The van der Waals surface area contributed by atoms with Crippen LogP contribution in [-0.2, 0) is 23.4 Å². The van der Waals surface area contributed by atoms with Crippen LogP contribution in [0.5, 0.6) is 0 Å². The lowest BCUT2D eigenvalue weighted by Gasteiger charge is -2.44. The monoisotopic (exact) mass is 619 g/mol. The van der Waals surface area contributed by atoms with Gasteiger partial charge >= 0.3 is 6.18 Å². The number of halogens is 4. The van der Waals surface area contributed by atoms with Crippen LogP contribution in [0.4, 0.5) is 13.2 Å². The molecule has 3 rings (SSSR count). The fourth-order valence-corrected chi connectivity index (χ4v) is 7.01. The lowest BCUT2D eigenvalue weighted by atomic mass is 9.74. The van der Waals surface area contributed by atoms with E-state index in [4.69, 9.17) is 9.41 Å². The molecular weight excluding hydrogens is 582 g/mol. The van der Waals surface area contributed by atoms with E-state index in [9.17, 15) is 18.3 Å². The number of pyridine rings is 1. The van der Waals surface area contributed by atoms with E-state index in [-0.39, 0.29) is 16.6 Å². The molecule has 1 aromatic heterocycles. The molecule has 1 unspecified atom stereocenters. The van der Waals surface area contributed by atoms with Crippen LogP contribution >= 0.6 is 22.6 Å². The van der Waals surface area contributed by atoms with Crippen molar-refractivity contribution in [2.45, 2.75) is 97.3 Å². The van der Waals surface area contributed by atoms with Gasteiger partial charge in [-0.15, -0.1) is 0 Å². The molecule has 0 saturated heterocycles. The van der Waals surface area contributed by atoms with Crippen LogP contribution in [0.1, 0.15) is 93.8 Å².